The zero-order chi connectivity index (χ0) is 26.5. The molecule has 0 aliphatic carbocycles. The Morgan fingerprint density at radius 3 is 2.17 bits per heavy atom. The van der Waals surface area contributed by atoms with Crippen LogP contribution in [-0.4, -0.2) is 46.6 Å². The molecule has 0 bridgehead atoms. The molecule has 0 aliphatic rings. The summed E-state index contributed by atoms with van der Waals surface area (Å²) in [6, 6.07) is 12.1. The number of benzene rings is 2. The molecular weight excluding hydrogens is 488 g/mol. The van der Waals surface area contributed by atoms with Gasteiger partial charge in [-0.3, -0.25) is 20.4 Å². The van der Waals surface area contributed by atoms with Gasteiger partial charge in [-0.15, -0.1) is 0 Å². The maximum atomic E-state index is 12.6. The van der Waals surface area contributed by atoms with Gasteiger partial charge in [0.15, 0.2) is 21.3 Å². The van der Waals surface area contributed by atoms with Gasteiger partial charge in [0.2, 0.25) is 0 Å². The van der Waals surface area contributed by atoms with E-state index >= 15 is 0 Å². The van der Waals surface area contributed by atoms with Crippen LogP contribution in [0, 0.1) is 0 Å². The Hall–Kier alpha value is -4.52. The number of aromatic nitrogens is 2. The molecule has 0 atom stereocenters. The number of amides is 3. The van der Waals surface area contributed by atoms with Crippen LogP contribution in [0.4, 0.5) is 10.6 Å². The number of anilines is 1. The van der Waals surface area contributed by atoms with Gasteiger partial charge in [-0.25, -0.2) is 23.2 Å². The number of nitrogens with zero attached hydrogens (tertiary/aromatic N) is 2. The van der Waals surface area contributed by atoms with Crippen molar-refractivity contribution < 1.29 is 27.9 Å². The average molecular weight is 513 g/mol. The first-order valence-corrected chi connectivity index (χ1v) is 12.2. The smallest absolute Gasteiger partial charge is 0.404 e. The highest BCUT2D eigenvalue weighted by molar-refractivity contribution is 7.92. The SMILES string of the molecule is CC(C)S(=O)(=O)c1ccc(-c2cnc(N)c(C(=O)NNC(=O)c3ccc(CNC(=O)O)cc3)n2)cc1. The number of nitrogens with one attached hydrogen (secondary N) is 3. The number of nitrogen functional groups attached to an aromatic ring is 1. The van der Waals surface area contributed by atoms with Gasteiger partial charge in [0.25, 0.3) is 11.8 Å². The van der Waals surface area contributed by atoms with Crippen molar-refractivity contribution in [3.8, 4) is 11.3 Å². The first-order chi connectivity index (χ1) is 17.0. The molecule has 3 aromatic rings. The van der Waals surface area contributed by atoms with Gasteiger partial charge in [0.1, 0.15) is 0 Å². The Bertz CT molecular complexity index is 1390. The summed E-state index contributed by atoms with van der Waals surface area (Å²) in [5, 5.41) is 10.3. The zero-order valence-electron chi connectivity index (χ0n) is 19.3. The summed E-state index contributed by atoms with van der Waals surface area (Å²) in [5.41, 5.74) is 11.7. The lowest BCUT2D eigenvalue weighted by Gasteiger charge is -2.11. The molecule has 0 saturated heterocycles. The second-order valence-electron chi connectivity index (χ2n) is 7.87. The maximum absolute atomic E-state index is 12.6. The topological polar surface area (TPSA) is 193 Å². The molecule has 0 radical (unpaired) electrons. The van der Waals surface area contributed by atoms with E-state index < -0.39 is 33.0 Å². The number of hydrogen-bond donors (Lipinski definition) is 5. The van der Waals surface area contributed by atoms with Crippen LogP contribution >= 0.6 is 0 Å². The average Bonchev–Trinajstić information content (AvgIpc) is 2.86. The number of hydrazine groups is 1. The van der Waals surface area contributed by atoms with Crippen LogP contribution in [0.25, 0.3) is 11.3 Å². The summed E-state index contributed by atoms with van der Waals surface area (Å²) in [7, 11) is -3.44. The number of nitrogens with two attached hydrogens (primary N) is 1. The predicted molar refractivity (Wildman–Crippen MR) is 130 cm³/mol. The van der Waals surface area contributed by atoms with Crippen LogP contribution < -0.4 is 21.9 Å². The summed E-state index contributed by atoms with van der Waals surface area (Å²) in [6.07, 6.45) is 0.180. The number of carboxylic acid groups (broad SMARTS) is 1. The van der Waals surface area contributed by atoms with E-state index in [4.69, 9.17) is 10.8 Å². The molecule has 3 amide bonds. The quantitative estimate of drug-likeness (QED) is 0.293. The summed E-state index contributed by atoms with van der Waals surface area (Å²) < 4.78 is 24.6. The van der Waals surface area contributed by atoms with Crippen LogP contribution in [0.15, 0.2) is 59.6 Å². The van der Waals surface area contributed by atoms with Crippen molar-refractivity contribution in [3.05, 3.63) is 71.5 Å². The van der Waals surface area contributed by atoms with Crippen LogP contribution in [0.3, 0.4) is 0 Å². The van der Waals surface area contributed by atoms with Gasteiger partial charge >= 0.3 is 6.09 Å². The molecule has 3 rings (SSSR count). The maximum Gasteiger partial charge on any atom is 0.404 e. The van der Waals surface area contributed by atoms with E-state index in [1.54, 1.807) is 38.1 Å². The van der Waals surface area contributed by atoms with Crippen molar-refractivity contribution in [2.75, 3.05) is 5.73 Å². The van der Waals surface area contributed by atoms with Crippen LogP contribution in [-0.2, 0) is 16.4 Å². The third-order valence-electron chi connectivity index (χ3n) is 5.06. The molecule has 13 heteroatoms. The number of hydrogen-bond acceptors (Lipinski definition) is 8. The Labute approximate surface area is 206 Å². The van der Waals surface area contributed by atoms with E-state index in [0.29, 0.717) is 11.1 Å². The van der Waals surface area contributed by atoms with Crippen molar-refractivity contribution in [1.29, 1.82) is 0 Å². The molecule has 1 aromatic heterocycles. The molecule has 36 heavy (non-hydrogen) atoms. The molecule has 188 valence electrons. The van der Waals surface area contributed by atoms with Gasteiger partial charge in [-0.1, -0.05) is 24.3 Å². The Morgan fingerprint density at radius 1 is 0.972 bits per heavy atom. The van der Waals surface area contributed by atoms with E-state index in [0.717, 1.165) is 0 Å². The molecule has 0 saturated carbocycles. The summed E-state index contributed by atoms with van der Waals surface area (Å²) in [5.74, 6) is -1.60. The predicted octanol–water partition coefficient (Wildman–Crippen LogP) is 1.75. The molecular formula is C23H24N6O6S. The minimum Gasteiger partial charge on any atom is -0.465 e. The van der Waals surface area contributed by atoms with E-state index in [9.17, 15) is 22.8 Å². The molecule has 0 spiro atoms. The number of sulfone groups is 1. The standard InChI is InChI=1S/C23H24N6O6S/c1-13(2)36(34,35)17-9-7-15(8-10-17)18-12-25-20(24)19(27-18)22(31)29-28-21(30)16-5-3-14(4-6-16)11-26-23(32)33/h3-10,12-13,26H,11H2,1-2H3,(H2,24,25)(H,28,30)(H,29,31)(H,32,33). The minimum absolute atomic E-state index is 0.0819. The molecule has 0 aliphatic heterocycles. The lowest BCUT2D eigenvalue weighted by molar-refractivity contribution is 0.0844. The van der Waals surface area contributed by atoms with Crippen molar-refractivity contribution in [2.45, 2.75) is 30.5 Å². The molecule has 6 N–H and O–H groups in total. The normalized spacial score (nSPS) is 11.1. The van der Waals surface area contributed by atoms with Gasteiger partial charge in [-0.05, 0) is 43.7 Å². The molecule has 0 fully saturated rings. The second kappa shape index (κ2) is 10.8. The fraction of sp³-hybridized carbons (Fsp3) is 0.174. The fourth-order valence-electron chi connectivity index (χ4n) is 2.99. The van der Waals surface area contributed by atoms with Crippen molar-refractivity contribution in [3.63, 3.8) is 0 Å². The van der Waals surface area contributed by atoms with Crippen LogP contribution in [0.5, 0.6) is 0 Å². The monoisotopic (exact) mass is 512 g/mol. The highest BCUT2D eigenvalue weighted by Crippen LogP contribution is 2.22. The Morgan fingerprint density at radius 2 is 1.58 bits per heavy atom. The van der Waals surface area contributed by atoms with E-state index in [-0.39, 0.29) is 34.2 Å². The number of rotatable bonds is 7. The summed E-state index contributed by atoms with van der Waals surface area (Å²) >= 11 is 0. The van der Waals surface area contributed by atoms with Gasteiger partial charge in [0.05, 0.1) is 22.0 Å². The lowest BCUT2D eigenvalue weighted by atomic mass is 10.1. The third kappa shape index (κ3) is 6.13. The van der Waals surface area contributed by atoms with Crippen LogP contribution in [0.1, 0.15) is 40.3 Å². The second-order valence-corrected chi connectivity index (χ2v) is 10.4. The molecule has 12 nitrogen and oxygen atoms in total. The van der Waals surface area contributed by atoms with Crippen molar-refractivity contribution in [1.82, 2.24) is 26.1 Å². The molecule has 1 heterocycles. The van der Waals surface area contributed by atoms with E-state index in [1.807, 2.05) is 0 Å². The number of carbonyl (C=O) groups excluding carboxylic acids is 2. The first-order valence-electron chi connectivity index (χ1n) is 10.6. The minimum atomic E-state index is -3.44. The first kappa shape index (κ1) is 26.1. The van der Waals surface area contributed by atoms with E-state index in [2.05, 4.69) is 26.1 Å². The number of carbonyl (C=O) groups is 3. The van der Waals surface area contributed by atoms with Gasteiger partial charge in [0, 0.05) is 17.7 Å². The van der Waals surface area contributed by atoms with Gasteiger partial charge < -0.3 is 16.2 Å². The third-order valence-corrected chi connectivity index (χ3v) is 7.23. The van der Waals surface area contributed by atoms with Crippen LogP contribution in [0.2, 0.25) is 0 Å². The largest absolute Gasteiger partial charge is 0.465 e. The van der Waals surface area contributed by atoms with Crippen molar-refractivity contribution >= 4 is 33.6 Å². The van der Waals surface area contributed by atoms with Crippen molar-refractivity contribution in [2.24, 2.45) is 0 Å². The summed E-state index contributed by atoms with van der Waals surface area (Å²) in [6.45, 7) is 3.26. The summed E-state index contributed by atoms with van der Waals surface area (Å²) in [4.78, 5) is 43.8. The highest BCUT2D eigenvalue weighted by Gasteiger charge is 2.20. The highest BCUT2D eigenvalue weighted by atomic mass is 32.2. The zero-order valence-corrected chi connectivity index (χ0v) is 20.2. The van der Waals surface area contributed by atoms with Gasteiger partial charge in [-0.2, -0.15) is 0 Å². The molecule has 0 unspecified atom stereocenters. The Kier molecular flexibility index (Phi) is 7.84. The van der Waals surface area contributed by atoms with E-state index in [1.165, 1.54) is 30.5 Å². The lowest BCUT2D eigenvalue weighted by Crippen LogP contribution is -2.42. The Balaban J connectivity index is 1.69. The fourth-order valence-corrected chi connectivity index (χ4v) is 4.05. The molecule has 2 aromatic carbocycles.